The number of hydrogen-bond donors (Lipinski definition) is 0. The van der Waals surface area contributed by atoms with E-state index in [9.17, 15) is 4.79 Å². The second-order valence-electron chi connectivity index (χ2n) is 7.23. The summed E-state index contributed by atoms with van der Waals surface area (Å²) in [5.74, 6) is 2.09. The van der Waals surface area contributed by atoms with E-state index < -0.39 is 0 Å². The van der Waals surface area contributed by atoms with Gasteiger partial charge in [-0.15, -0.1) is 0 Å². The molecule has 0 radical (unpaired) electrons. The number of carbonyl (C=O) groups is 1. The molecular weight excluding hydrogens is 338 g/mol. The van der Waals surface area contributed by atoms with Gasteiger partial charge in [0.25, 0.3) is 5.91 Å². The Morgan fingerprint density at radius 2 is 2.11 bits per heavy atom. The lowest BCUT2D eigenvalue weighted by Gasteiger charge is -2.22. The van der Waals surface area contributed by atoms with Gasteiger partial charge in [-0.25, -0.2) is 9.97 Å². The molecule has 1 unspecified atom stereocenters. The zero-order valence-corrected chi connectivity index (χ0v) is 15.7. The van der Waals surface area contributed by atoms with Gasteiger partial charge in [-0.1, -0.05) is 25.5 Å². The summed E-state index contributed by atoms with van der Waals surface area (Å²) in [7, 11) is 0. The quantitative estimate of drug-likeness (QED) is 0.820. The summed E-state index contributed by atoms with van der Waals surface area (Å²) in [5.41, 5.74) is 3.12. The Morgan fingerprint density at radius 3 is 2.85 bits per heavy atom. The van der Waals surface area contributed by atoms with E-state index in [1.54, 1.807) is 23.4 Å². The molecule has 0 saturated carbocycles. The van der Waals surface area contributed by atoms with Crippen LogP contribution >= 0.6 is 0 Å². The van der Waals surface area contributed by atoms with Gasteiger partial charge in [0.2, 0.25) is 0 Å². The van der Waals surface area contributed by atoms with E-state index in [2.05, 4.69) is 29.0 Å². The Morgan fingerprint density at radius 1 is 1.26 bits per heavy atom. The van der Waals surface area contributed by atoms with Gasteiger partial charge in [0, 0.05) is 12.4 Å². The molecule has 4 rings (SSSR count). The predicted molar refractivity (Wildman–Crippen MR) is 104 cm³/mol. The predicted octanol–water partition coefficient (Wildman–Crippen LogP) is 4.10. The number of rotatable bonds is 4. The molecule has 2 aliphatic rings. The highest BCUT2D eigenvalue weighted by molar-refractivity contribution is 5.98. The largest absolute Gasteiger partial charge is 0.491 e. The molecule has 0 saturated heterocycles. The molecule has 2 heterocycles. The standard InChI is InChI=1S/C22H25N3O2/c1-2-16-4-6-17(7-5-16)18-8-9-20-19(14-18)22(26)25(12-13-27-20)15-21-23-10-3-11-24-21/h3,6,8-11,14,16H,2,4-5,7,12-13,15H2,1H3. The molecule has 1 aromatic carbocycles. The lowest BCUT2D eigenvalue weighted by Crippen LogP contribution is -2.32. The first kappa shape index (κ1) is 17.7. The molecule has 1 amide bonds. The molecule has 0 bridgehead atoms. The number of fused-ring (bicyclic) bond motifs is 1. The molecule has 0 N–H and O–H groups in total. The van der Waals surface area contributed by atoms with E-state index in [4.69, 9.17) is 4.74 Å². The Kier molecular flexibility index (Phi) is 5.19. The molecule has 0 spiro atoms. The van der Waals surface area contributed by atoms with E-state index in [-0.39, 0.29) is 5.91 Å². The monoisotopic (exact) mass is 363 g/mol. The minimum absolute atomic E-state index is 0.0142. The molecule has 5 heteroatoms. The van der Waals surface area contributed by atoms with Crippen LogP contribution in [0.4, 0.5) is 0 Å². The molecule has 1 aromatic heterocycles. The first-order valence-electron chi connectivity index (χ1n) is 9.76. The van der Waals surface area contributed by atoms with Gasteiger partial charge in [-0.2, -0.15) is 0 Å². The third kappa shape index (κ3) is 3.87. The Bertz CT molecular complexity index is 848. The van der Waals surface area contributed by atoms with Crippen molar-refractivity contribution in [3.8, 4) is 5.75 Å². The number of carbonyl (C=O) groups excluding carboxylic acids is 1. The maximum absolute atomic E-state index is 13.1. The van der Waals surface area contributed by atoms with Crippen molar-refractivity contribution in [3.63, 3.8) is 0 Å². The smallest absolute Gasteiger partial charge is 0.258 e. The normalized spacial score (nSPS) is 19.7. The molecule has 2 aromatic rings. The van der Waals surface area contributed by atoms with Crippen molar-refractivity contribution in [2.75, 3.05) is 13.2 Å². The minimum Gasteiger partial charge on any atom is -0.491 e. The zero-order chi connectivity index (χ0) is 18.6. The molecule has 1 aliphatic carbocycles. The minimum atomic E-state index is -0.0142. The SMILES string of the molecule is CCC1CC=C(c2ccc3c(c2)C(=O)N(Cc2ncccn2)CCO3)CC1. The lowest BCUT2D eigenvalue weighted by atomic mass is 9.85. The van der Waals surface area contributed by atoms with Crippen LogP contribution in [0.25, 0.3) is 5.57 Å². The van der Waals surface area contributed by atoms with E-state index in [0.717, 1.165) is 24.3 Å². The number of hydrogen-bond acceptors (Lipinski definition) is 4. The van der Waals surface area contributed by atoms with Crippen LogP contribution in [0, 0.1) is 5.92 Å². The Balaban J connectivity index is 1.59. The molecule has 1 aliphatic heterocycles. The zero-order valence-electron chi connectivity index (χ0n) is 15.7. The van der Waals surface area contributed by atoms with E-state index in [0.29, 0.717) is 36.8 Å². The van der Waals surface area contributed by atoms with Crippen LogP contribution in [0.2, 0.25) is 0 Å². The van der Waals surface area contributed by atoms with Crippen LogP contribution in [0.5, 0.6) is 5.75 Å². The average molecular weight is 363 g/mol. The third-order valence-electron chi connectivity index (χ3n) is 5.54. The van der Waals surface area contributed by atoms with Crippen LogP contribution in [0.3, 0.4) is 0 Å². The summed E-state index contributed by atoms with van der Waals surface area (Å²) in [5, 5.41) is 0. The Labute approximate surface area is 160 Å². The first-order valence-corrected chi connectivity index (χ1v) is 9.76. The maximum Gasteiger partial charge on any atom is 0.258 e. The van der Waals surface area contributed by atoms with E-state index in [1.165, 1.54) is 18.4 Å². The van der Waals surface area contributed by atoms with Gasteiger partial charge in [0.05, 0.1) is 18.7 Å². The summed E-state index contributed by atoms with van der Waals surface area (Å²) < 4.78 is 5.84. The third-order valence-corrected chi connectivity index (χ3v) is 5.54. The van der Waals surface area contributed by atoms with Crippen molar-refractivity contribution in [1.82, 2.24) is 14.9 Å². The van der Waals surface area contributed by atoms with Crippen LogP contribution in [-0.4, -0.2) is 33.9 Å². The summed E-state index contributed by atoms with van der Waals surface area (Å²) in [6.07, 6.45) is 10.4. The van der Waals surface area contributed by atoms with Gasteiger partial charge >= 0.3 is 0 Å². The second kappa shape index (κ2) is 7.91. The fraction of sp³-hybridized carbons (Fsp3) is 0.409. The highest BCUT2D eigenvalue weighted by Gasteiger charge is 2.25. The van der Waals surface area contributed by atoms with E-state index >= 15 is 0 Å². The molecule has 27 heavy (non-hydrogen) atoms. The fourth-order valence-electron chi connectivity index (χ4n) is 3.82. The second-order valence-corrected chi connectivity index (χ2v) is 7.23. The topological polar surface area (TPSA) is 55.3 Å². The van der Waals surface area contributed by atoms with Gasteiger partial charge in [0.1, 0.15) is 18.2 Å². The van der Waals surface area contributed by atoms with Crippen molar-refractivity contribution in [2.24, 2.45) is 5.92 Å². The number of benzene rings is 1. The summed E-state index contributed by atoms with van der Waals surface area (Å²) >= 11 is 0. The highest BCUT2D eigenvalue weighted by Crippen LogP contribution is 2.34. The lowest BCUT2D eigenvalue weighted by molar-refractivity contribution is 0.0738. The van der Waals surface area contributed by atoms with Crippen LogP contribution in [0.15, 0.2) is 42.7 Å². The molecule has 0 fully saturated rings. The van der Waals surface area contributed by atoms with Gasteiger partial charge < -0.3 is 9.64 Å². The molecule has 1 atom stereocenters. The van der Waals surface area contributed by atoms with Gasteiger partial charge in [0.15, 0.2) is 0 Å². The highest BCUT2D eigenvalue weighted by atomic mass is 16.5. The number of ether oxygens (including phenoxy) is 1. The number of nitrogens with zero attached hydrogens (tertiary/aromatic N) is 3. The molecular formula is C22H25N3O2. The van der Waals surface area contributed by atoms with Crippen molar-refractivity contribution in [3.05, 3.63) is 59.7 Å². The van der Waals surface area contributed by atoms with Crippen molar-refractivity contribution < 1.29 is 9.53 Å². The van der Waals surface area contributed by atoms with Gasteiger partial charge in [-0.05, 0) is 54.5 Å². The van der Waals surface area contributed by atoms with Crippen molar-refractivity contribution >= 4 is 11.5 Å². The molecule has 5 nitrogen and oxygen atoms in total. The number of aromatic nitrogens is 2. The average Bonchev–Trinajstić information content (AvgIpc) is 2.88. The van der Waals surface area contributed by atoms with Crippen LogP contribution in [0.1, 0.15) is 54.4 Å². The maximum atomic E-state index is 13.1. The number of amides is 1. The van der Waals surface area contributed by atoms with Crippen molar-refractivity contribution in [2.45, 2.75) is 39.2 Å². The summed E-state index contributed by atoms with van der Waals surface area (Å²) in [4.78, 5) is 23.4. The van der Waals surface area contributed by atoms with E-state index in [1.807, 2.05) is 12.1 Å². The molecule has 140 valence electrons. The first-order chi connectivity index (χ1) is 13.2. The fourth-order valence-corrected chi connectivity index (χ4v) is 3.82. The van der Waals surface area contributed by atoms with Crippen LogP contribution in [-0.2, 0) is 6.54 Å². The number of allylic oxidation sites excluding steroid dienone is 2. The van der Waals surface area contributed by atoms with Crippen LogP contribution < -0.4 is 4.74 Å². The van der Waals surface area contributed by atoms with Gasteiger partial charge in [-0.3, -0.25) is 4.79 Å². The Hall–Kier alpha value is -2.69. The summed E-state index contributed by atoms with van der Waals surface area (Å²) in [6, 6.07) is 7.80. The summed E-state index contributed by atoms with van der Waals surface area (Å²) in [6.45, 7) is 3.66. The van der Waals surface area contributed by atoms with Crippen molar-refractivity contribution in [1.29, 1.82) is 0 Å².